The quantitative estimate of drug-likeness (QED) is 0.883. The van der Waals surface area contributed by atoms with Gasteiger partial charge in [-0.1, -0.05) is 24.9 Å². The molecular formula is C14H18ClN5. The fourth-order valence-electron chi connectivity index (χ4n) is 2.95. The molecule has 6 heteroatoms. The molecule has 3 rings (SSSR count). The number of halogens is 1. The van der Waals surface area contributed by atoms with Crippen molar-refractivity contribution in [3.63, 3.8) is 0 Å². The molecule has 1 aromatic heterocycles. The molecule has 2 N–H and O–H groups in total. The lowest BCUT2D eigenvalue weighted by atomic mass is 10.1. The van der Waals surface area contributed by atoms with Crippen LogP contribution in [-0.2, 0) is 6.54 Å². The Balaban J connectivity index is 1.84. The zero-order chi connectivity index (χ0) is 14.1. The highest BCUT2D eigenvalue weighted by atomic mass is 35.5. The molecule has 1 saturated carbocycles. The standard InChI is InChI=1S/C14H18ClN5/c1-9-2-3-10(6-9)8-20-14(17-18-19-20)11-4-5-12(15)13(16)7-11/h4-5,7,9-10H,2-3,6,8,16H2,1H3. The van der Waals surface area contributed by atoms with Crippen molar-refractivity contribution in [2.24, 2.45) is 11.8 Å². The minimum atomic E-state index is 0.549. The highest BCUT2D eigenvalue weighted by Crippen LogP contribution is 2.32. The number of anilines is 1. The fourth-order valence-corrected chi connectivity index (χ4v) is 3.07. The summed E-state index contributed by atoms with van der Waals surface area (Å²) in [6.45, 7) is 3.18. The molecule has 2 unspecified atom stereocenters. The van der Waals surface area contributed by atoms with Crippen LogP contribution in [0.5, 0.6) is 0 Å². The van der Waals surface area contributed by atoms with E-state index in [0.29, 0.717) is 16.6 Å². The van der Waals surface area contributed by atoms with E-state index in [-0.39, 0.29) is 0 Å². The third kappa shape index (κ3) is 2.63. The van der Waals surface area contributed by atoms with Crippen LogP contribution in [0.25, 0.3) is 11.4 Å². The lowest BCUT2D eigenvalue weighted by Crippen LogP contribution is -2.11. The van der Waals surface area contributed by atoms with Crippen LogP contribution in [-0.4, -0.2) is 20.2 Å². The Morgan fingerprint density at radius 1 is 1.40 bits per heavy atom. The van der Waals surface area contributed by atoms with Gasteiger partial charge in [0.2, 0.25) is 0 Å². The molecule has 0 bridgehead atoms. The molecule has 1 heterocycles. The van der Waals surface area contributed by atoms with Crippen molar-refractivity contribution in [1.82, 2.24) is 20.2 Å². The summed E-state index contributed by atoms with van der Waals surface area (Å²) in [5.41, 5.74) is 7.30. The molecule has 1 aliphatic carbocycles. The Labute approximate surface area is 123 Å². The van der Waals surface area contributed by atoms with E-state index in [1.807, 2.05) is 16.8 Å². The smallest absolute Gasteiger partial charge is 0.182 e. The van der Waals surface area contributed by atoms with Gasteiger partial charge in [0.15, 0.2) is 5.82 Å². The molecule has 20 heavy (non-hydrogen) atoms. The summed E-state index contributed by atoms with van der Waals surface area (Å²) in [6, 6.07) is 5.50. The maximum absolute atomic E-state index is 5.95. The van der Waals surface area contributed by atoms with E-state index in [1.54, 1.807) is 6.07 Å². The third-order valence-corrected chi connectivity index (χ3v) is 4.36. The minimum absolute atomic E-state index is 0.549. The van der Waals surface area contributed by atoms with E-state index in [1.165, 1.54) is 19.3 Å². The molecule has 2 aromatic rings. The molecule has 1 fully saturated rings. The van der Waals surface area contributed by atoms with Gasteiger partial charge in [-0.05, 0) is 53.3 Å². The number of hydrogen-bond acceptors (Lipinski definition) is 4. The molecule has 0 amide bonds. The zero-order valence-electron chi connectivity index (χ0n) is 11.5. The van der Waals surface area contributed by atoms with E-state index < -0.39 is 0 Å². The van der Waals surface area contributed by atoms with Crippen molar-refractivity contribution >= 4 is 17.3 Å². The van der Waals surface area contributed by atoms with Gasteiger partial charge in [0, 0.05) is 12.1 Å². The molecule has 0 spiro atoms. The molecular weight excluding hydrogens is 274 g/mol. The van der Waals surface area contributed by atoms with Gasteiger partial charge in [0.1, 0.15) is 0 Å². The number of tetrazole rings is 1. The Bertz CT molecular complexity index is 609. The number of nitrogen functional groups attached to an aromatic ring is 1. The van der Waals surface area contributed by atoms with Gasteiger partial charge in [-0.25, -0.2) is 4.68 Å². The monoisotopic (exact) mass is 291 g/mol. The van der Waals surface area contributed by atoms with Crippen molar-refractivity contribution in [3.05, 3.63) is 23.2 Å². The molecule has 0 saturated heterocycles. The van der Waals surface area contributed by atoms with E-state index in [0.717, 1.165) is 23.9 Å². The van der Waals surface area contributed by atoms with Crippen LogP contribution in [0, 0.1) is 11.8 Å². The normalized spacial score (nSPS) is 22.3. The van der Waals surface area contributed by atoms with Crippen molar-refractivity contribution < 1.29 is 0 Å². The van der Waals surface area contributed by atoms with Gasteiger partial charge in [-0.2, -0.15) is 0 Å². The van der Waals surface area contributed by atoms with Gasteiger partial charge < -0.3 is 5.73 Å². The predicted octanol–water partition coefficient (Wildman–Crippen LogP) is 3.01. The lowest BCUT2D eigenvalue weighted by Gasteiger charge is -2.11. The highest BCUT2D eigenvalue weighted by molar-refractivity contribution is 6.33. The van der Waals surface area contributed by atoms with E-state index >= 15 is 0 Å². The van der Waals surface area contributed by atoms with Crippen LogP contribution >= 0.6 is 11.6 Å². The third-order valence-electron chi connectivity index (χ3n) is 4.02. The van der Waals surface area contributed by atoms with E-state index in [4.69, 9.17) is 17.3 Å². The molecule has 0 radical (unpaired) electrons. The van der Waals surface area contributed by atoms with Crippen LogP contribution < -0.4 is 5.73 Å². The number of benzene rings is 1. The minimum Gasteiger partial charge on any atom is -0.398 e. The van der Waals surface area contributed by atoms with Crippen molar-refractivity contribution in [2.45, 2.75) is 32.7 Å². The second-order valence-corrected chi connectivity index (χ2v) is 6.11. The number of rotatable bonds is 3. The highest BCUT2D eigenvalue weighted by Gasteiger charge is 2.23. The van der Waals surface area contributed by atoms with Crippen molar-refractivity contribution in [2.75, 3.05) is 5.73 Å². The second-order valence-electron chi connectivity index (χ2n) is 5.71. The summed E-state index contributed by atoms with van der Waals surface area (Å²) in [5.74, 6) is 2.23. The SMILES string of the molecule is CC1CCC(Cn2nnnc2-c2ccc(Cl)c(N)c2)C1. The first-order valence-corrected chi connectivity index (χ1v) is 7.33. The first kappa shape index (κ1) is 13.4. The summed E-state index contributed by atoms with van der Waals surface area (Å²) in [7, 11) is 0. The average Bonchev–Trinajstić information content (AvgIpc) is 3.03. The number of aromatic nitrogens is 4. The van der Waals surface area contributed by atoms with Crippen LogP contribution in [0.15, 0.2) is 18.2 Å². The summed E-state index contributed by atoms with van der Waals surface area (Å²) < 4.78 is 1.88. The van der Waals surface area contributed by atoms with Crippen LogP contribution in [0.2, 0.25) is 5.02 Å². The van der Waals surface area contributed by atoms with E-state index in [2.05, 4.69) is 22.4 Å². The lowest BCUT2D eigenvalue weighted by molar-refractivity contribution is 0.412. The van der Waals surface area contributed by atoms with E-state index in [9.17, 15) is 0 Å². The Kier molecular flexibility index (Phi) is 3.61. The van der Waals surface area contributed by atoms with Crippen molar-refractivity contribution in [1.29, 1.82) is 0 Å². The van der Waals surface area contributed by atoms with Crippen LogP contribution in [0.3, 0.4) is 0 Å². The maximum Gasteiger partial charge on any atom is 0.182 e. The largest absolute Gasteiger partial charge is 0.398 e. The average molecular weight is 292 g/mol. The van der Waals surface area contributed by atoms with Crippen LogP contribution in [0.1, 0.15) is 26.2 Å². The first-order valence-electron chi connectivity index (χ1n) is 6.95. The molecule has 0 aliphatic heterocycles. The summed E-state index contributed by atoms with van der Waals surface area (Å²) >= 11 is 5.95. The molecule has 2 atom stereocenters. The summed E-state index contributed by atoms with van der Waals surface area (Å²) in [4.78, 5) is 0. The first-order chi connectivity index (χ1) is 9.63. The molecule has 1 aliphatic rings. The predicted molar refractivity (Wildman–Crippen MR) is 79.2 cm³/mol. The van der Waals surface area contributed by atoms with Gasteiger partial charge in [-0.3, -0.25) is 0 Å². The number of nitrogens with zero attached hydrogens (tertiary/aromatic N) is 4. The number of hydrogen-bond donors (Lipinski definition) is 1. The van der Waals surface area contributed by atoms with Gasteiger partial charge in [0.25, 0.3) is 0 Å². The Morgan fingerprint density at radius 3 is 2.95 bits per heavy atom. The summed E-state index contributed by atoms with van der Waals surface area (Å²) in [5, 5.41) is 12.6. The van der Waals surface area contributed by atoms with Gasteiger partial charge >= 0.3 is 0 Å². The Hall–Kier alpha value is -1.62. The van der Waals surface area contributed by atoms with Gasteiger partial charge in [-0.15, -0.1) is 5.10 Å². The molecule has 106 valence electrons. The van der Waals surface area contributed by atoms with Crippen LogP contribution in [0.4, 0.5) is 5.69 Å². The topological polar surface area (TPSA) is 69.6 Å². The zero-order valence-corrected chi connectivity index (χ0v) is 12.2. The molecule has 1 aromatic carbocycles. The molecule has 5 nitrogen and oxygen atoms in total. The second kappa shape index (κ2) is 5.40. The van der Waals surface area contributed by atoms with Crippen molar-refractivity contribution in [3.8, 4) is 11.4 Å². The number of nitrogens with two attached hydrogens (primary N) is 1. The Morgan fingerprint density at radius 2 is 2.25 bits per heavy atom. The fraction of sp³-hybridized carbons (Fsp3) is 0.500. The van der Waals surface area contributed by atoms with Gasteiger partial charge in [0.05, 0.1) is 10.7 Å². The summed E-state index contributed by atoms with van der Waals surface area (Å²) in [6.07, 6.45) is 3.81. The maximum atomic E-state index is 5.95.